The van der Waals surface area contributed by atoms with Crippen LogP contribution in [0.3, 0.4) is 0 Å². The predicted octanol–water partition coefficient (Wildman–Crippen LogP) is 2.63. The second kappa shape index (κ2) is 7.50. The highest BCUT2D eigenvalue weighted by atomic mass is 32.2. The summed E-state index contributed by atoms with van der Waals surface area (Å²) in [6, 6.07) is 6.10. The Bertz CT molecular complexity index is 679. The minimum absolute atomic E-state index is 0.185. The Hall–Kier alpha value is -2.02. The Morgan fingerprint density at radius 2 is 1.96 bits per heavy atom. The molecule has 0 bridgehead atoms. The van der Waals surface area contributed by atoms with Crippen LogP contribution < -0.4 is 10.5 Å². The summed E-state index contributed by atoms with van der Waals surface area (Å²) in [5.41, 5.74) is 7.50. The van der Waals surface area contributed by atoms with Crippen molar-refractivity contribution in [2.45, 2.75) is 45.5 Å². The van der Waals surface area contributed by atoms with Gasteiger partial charge in [0.1, 0.15) is 5.75 Å². The van der Waals surface area contributed by atoms with E-state index in [0.29, 0.717) is 11.7 Å². The number of thioether (sulfide) groups is 1. The molecule has 6 nitrogen and oxygen atoms in total. The van der Waals surface area contributed by atoms with Crippen molar-refractivity contribution < 1.29 is 9.53 Å². The van der Waals surface area contributed by atoms with Crippen molar-refractivity contribution in [1.82, 2.24) is 14.8 Å². The molecule has 23 heavy (non-hydrogen) atoms. The molecule has 0 saturated heterocycles. The smallest absolute Gasteiger partial charge is 0.227 e. The summed E-state index contributed by atoms with van der Waals surface area (Å²) in [6.07, 6.45) is -0.244. The lowest BCUT2D eigenvalue weighted by Crippen LogP contribution is -2.15. The van der Waals surface area contributed by atoms with Crippen LogP contribution in [-0.4, -0.2) is 26.4 Å². The highest BCUT2D eigenvalue weighted by Gasteiger charge is 2.19. The monoisotopic (exact) mass is 334 g/mol. The number of amides is 1. The van der Waals surface area contributed by atoms with Gasteiger partial charge in [-0.2, -0.15) is 0 Å². The molecule has 0 aliphatic carbocycles. The Labute approximate surface area is 140 Å². The highest BCUT2D eigenvalue weighted by molar-refractivity contribution is 7.99. The first kappa shape index (κ1) is 17.3. The van der Waals surface area contributed by atoms with Crippen LogP contribution in [-0.2, 0) is 11.3 Å². The quantitative estimate of drug-likeness (QED) is 0.787. The molecule has 1 unspecified atom stereocenters. The molecule has 1 amide bonds. The van der Waals surface area contributed by atoms with E-state index < -0.39 is 0 Å². The molecule has 124 valence electrons. The summed E-state index contributed by atoms with van der Waals surface area (Å²) in [6.45, 7) is 8.72. The minimum Gasteiger partial charge on any atom is -0.483 e. The Balaban J connectivity index is 2.18. The molecule has 0 fully saturated rings. The fourth-order valence-corrected chi connectivity index (χ4v) is 3.15. The first-order chi connectivity index (χ1) is 10.9. The van der Waals surface area contributed by atoms with Gasteiger partial charge < -0.3 is 15.0 Å². The topological polar surface area (TPSA) is 83.0 Å². The number of nitrogens with two attached hydrogens (primary N) is 1. The summed E-state index contributed by atoms with van der Waals surface area (Å²) in [4.78, 5) is 10.9. The van der Waals surface area contributed by atoms with Crippen molar-refractivity contribution in [3.63, 3.8) is 0 Å². The molecule has 0 saturated carbocycles. The number of hydrogen-bond acceptors (Lipinski definition) is 5. The summed E-state index contributed by atoms with van der Waals surface area (Å²) >= 11 is 1.29. The second-order valence-corrected chi connectivity index (χ2v) is 6.37. The second-order valence-electron chi connectivity index (χ2n) is 5.42. The third-order valence-corrected chi connectivity index (χ3v) is 4.27. The van der Waals surface area contributed by atoms with Gasteiger partial charge >= 0.3 is 0 Å². The summed E-state index contributed by atoms with van der Waals surface area (Å²) in [5, 5.41) is 9.04. The molecule has 0 aliphatic heterocycles. The van der Waals surface area contributed by atoms with E-state index in [9.17, 15) is 4.79 Å². The number of carbonyl (C=O) groups is 1. The number of rotatable bonds is 7. The molecule has 0 radical (unpaired) electrons. The van der Waals surface area contributed by atoms with Crippen molar-refractivity contribution in [3.05, 3.63) is 35.2 Å². The van der Waals surface area contributed by atoms with E-state index in [-0.39, 0.29) is 17.8 Å². The van der Waals surface area contributed by atoms with E-state index in [4.69, 9.17) is 10.5 Å². The van der Waals surface area contributed by atoms with Crippen LogP contribution in [0.2, 0.25) is 0 Å². The first-order valence-corrected chi connectivity index (χ1v) is 8.48. The van der Waals surface area contributed by atoms with E-state index in [1.54, 1.807) is 0 Å². The number of aromatic nitrogens is 3. The summed E-state index contributed by atoms with van der Waals surface area (Å²) in [5.74, 6) is 1.36. The predicted molar refractivity (Wildman–Crippen MR) is 90.6 cm³/mol. The van der Waals surface area contributed by atoms with E-state index in [1.165, 1.54) is 11.8 Å². The molecular weight excluding hydrogens is 312 g/mol. The fraction of sp³-hybridized carbons (Fsp3) is 0.438. The number of aryl methyl sites for hydroxylation is 2. The lowest BCUT2D eigenvalue weighted by molar-refractivity contribution is -0.115. The van der Waals surface area contributed by atoms with Crippen LogP contribution in [0.5, 0.6) is 5.75 Å². The lowest BCUT2D eigenvalue weighted by Gasteiger charge is -2.16. The SMILES string of the molecule is CCn1c(SCC(N)=O)nnc1C(C)Oc1cc(C)cc(C)c1. The van der Waals surface area contributed by atoms with Gasteiger partial charge in [-0.05, 0) is 51.0 Å². The zero-order valence-electron chi connectivity index (χ0n) is 13.9. The van der Waals surface area contributed by atoms with Gasteiger partial charge in [0.05, 0.1) is 5.75 Å². The lowest BCUT2D eigenvalue weighted by atomic mass is 10.1. The minimum atomic E-state index is -0.373. The molecule has 7 heteroatoms. The van der Waals surface area contributed by atoms with Crippen LogP contribution in [0, 0.1) is 13.8 Å². The van der Waals surface area contributed by atoms with Gasteiger partial charge in [0.15, 0.2) is 17.1 Å². The number of benzene rings is 1. The number of hydrogen-bond donors (Lipinski definition) is 1. The molecule has 0 spiro atoms. The van der Waals surface area contributed by atoms with Gasteiger partial charge in [0.25, 0.3) is 0 Å². The van der Waals surface area contributed by atoms with Gasteiger partial charge in [-0.15, -0.1) is 10.2 Å². The van der Waals surface area contributed by atoms with E-state index in [2.05, 4.69) is 16.3 Å². The highest BCUT2D eigenvalue weighted by Crippen LogP contribution is 2.25. The standard InChI is InChI=1S/C16H22N4O2S/c1-5-20-15(18-19-16(20)23-9-14(17)21)12(4)22-13-7-10(2)6-11(3)8-13/h6-8,12H,5,9H2,1-4H3,(H2,17,21). The van der Waals surface area contributed by atoms with E-state index in [1.807, 2.05) is 44.4 Å². The van der Waals surface area contributed by atoms with Crippen molar-refractivity contribution in [3.8, 4) is 5.75 Å². The Kier molecular flexibility index (Phi) is 5.65. The number of carbonyl (C=O) groups excluding carboxylic acids is 1. The molecule has 2 rings (SSSR count). The summed E-state index contributed by atoms with van der Waals surface area (Å²) in [7, 11) is 0. The third-order valence-electron chi connectivity index (χ3n) is 3.28. The average Bonchev–Trinajstić information content (AvgIpc) is 2.86. The van der Waals surface area contributed by atoms with Gasteiger partial charge in [0.2, 0.25) is 5.91 Å². The van der Waals surface area contributed by atoms with Crippen LogP contribution in [0.4, 0.5) is 0 Å². The van der Waals surface area contributed by atoms with E-state index in [0.717, 1.165) is 22.7 Å². The van der Waals surface area contributed by atoms with Crippen molar-refractivity contribution in [2.24, 2.45) is 5.73 Å². The molecule has 1 aromatic carbocycles. The summed E-state index contributed by atoms with van der Waals surface area (Å²) < 4.78 is 7.96. The van der Waals surface area contributed by atoms with E-state index >= 15 is 0 Å². The van der Waals surface area contributed by atoms with Crippen LogP contribution in [0.15, 0.2) is 23.4 Å². The zero-order chi connectivity index (χ0) is 17.0. The fourth-order valence-electron chi connectivity index (χ4n) is 2.40. The molecule has 0 aliphatic rings. The van der Waals surface area contributed by atoms with Crippen molar-refractivity contribution in [1.29, 1.82) is 0 Å². The zero-order valence-corrected chi connectivity index (χ0v) is 14.7. The molecule has 1 aromatic heterocycles. The molecule has 2 aromatic rings. The number of nitrogens with zero attached hydrogens (tertiary/aromatic N) is 3. The van der Waals surface area contributed by atoms with Crippen LogP contribution in [0.25, 0.3) is 0 Å². The maximum atomic E-state index is 10.9. The van der Waals surface area contributed by atoms with Crippen molar-refractivity contribution in [2.75, 3.05) is 5.75 Å². The van der Waals surface area contributed by atoms with Crippen LogP contribution in [0.1, 0.15) is 36.9 Å². The number of ether oxygens (including phenoxy) is 1. The van der Waals surface area contributed by atoms with Crippen LogP contribution >= 0.6 is 11.8 Å². The maximum absolute atomic E-state index is 10.9. The normalized spacial score (nSPS) is 12.2. The average molecular weight is 334 g/mol. The number of primary amides is 1. The maximum Gasteiger partial charge on any atom is 0.227 e. The molecule has 1 heterocycles. The Morgan fingerprint density at radius 1 is 1.30 bits per heavy atom. The van der Waals surface area contributed by atoms with Gasteiger partial charge in [0, 0.05) is 6.54 Å². The van der Waals surface area contributed by atoms with Gasteiger partial charge in [-0.1, -0.05) is 17.8 Å². The van der Waals surface area contributed by atoms with Crippen molar-refractivity contribution >= 4 is 17.7 Å². The Morgan fingerprint density at radius 3 is 2.52 bits per heavy atom. The van der Waals surface area contributed by atoms with Gasteiger partial charge in [-0.3, -0.25) is 4.79 Å². The molecule has 2 N–H and O–H groups in total. The first-order valence-electron chi connectivity index (χ1n) is 7.49. The largest absolute Gasteiger partial charge is 0.483 e. The van der Waals surface area contributed by atoms with Gasteiger partial charge in [-0.25, -0.2) is 0 Å². The third kappa shape index (κ3) is 4.48. The molecular formula is C16H22N4O2S. The molecule has 1 atom stereocenters.